The zero-order valence-corrected chi connectivity index (χ0v) is 31.8. The van der Waals surface area contributed by atoms with Gasteiger partial charge in [-0.15, -0.1) is 0 Å². The Labute approximate surface area is 320 Å². The first-order chi connectivity index (χ1) is 26.3. The summed E-state index contributed by atoms with van der Waals surface area (Å²) in [6.07, 6.45) is 26.8. The summed E-state index contributed by atoms with van der Waals surface area (Å²) in [7, 11) is 0. The zero-order chi connectivity index (χ0) is 36.6. The second-order valence-electron chi connectivity index (χ2n) is 16.8. The highest BCUT2D eigenvalue weighted by Crippen LogP contribution is 2.60. The maximum absolute atomic E-state index is 2.63. The van der Waals surface area contributed by atoms with E-state index in [4.69, 9.17) is 0 Å². The van der Waals surface area contributed by atoms with Gasteiger partial charge in [0.25, 0.3) is 0 Å². The lowest BCUT2D eigenvalue weighted by Crippen LogP contribution is -2.35. The molecule has 5 aliphatic carbocycles. The highest BCUT2D eigenvalue weighted by molar-refractivity contribution is 6.10. The Morgan fingerprint density at radius 2 is 1.39 bits per heavy atom. The minimum absolute atomic E-state index is 0.0279. The van der Waals surface area contributed by atoms with Gasteiger partial charge in [0.15, 0.2) is 0 Å². The quantitative estimate of drug-likeness (QED) is 0.174. The van der Waals surface area contributed by atoms with Crippen molar-refractivity contribution in [2.24, 2.45) is 5.92 Å². The van der Waals surface area contributed by atoms with E-state index in [-0.39, 0.29) is 10.8 Å². The first-order valence-corrected chi connectivity index (χ1v) is 19.9. The summed E-state index contributed by atoms with van der Waals surface area (Å²) in [4.78, 5) is 5.07. The average molecular weight is 701 g/mol. The lowest BCUT2D eigenvalue weighted by Gasteiger charge is -2.39. The third-order valence-corrected chi connectivity index (χ3v) is 13.1. The number of fused-ring (bicyclic) bond motifs is 8. The number of rotatable bonds is 6. The highest BCUT2D eigenvalue weighted by atomic mass is 15.2. The van der Waals surface area contributed by atoms with Gasteiger partial charge in [-0.05, 0) is 118 Å². The predicted octanol–water partition coefficient (Wildman–Crippen LogP) is 13.5. The molecule has 0 amide bonds. The molecule has 0 saturated carbocycles. The van der Waals surface area contributed by atoms with E-state index in [1.165, 1.54) is 61.2 Å². The van der Waals surface area contributed by atoms with E-state index in [2.05, 4.69) is 201 Å². The van der Waals surface area contributed by atoms with E-state index in [1.807, 2.05) is 0 Å². The summed E-state index contributed by atoms with van der Waals surface area (Å²) in [5.74, 6) is 0.735. The minimum Gasteiger partial charge on any atom is -0.338 e. The molecule has 5 aromatic carbocycles. The van der Waals surface area contributed by atoms with Crippen molar-refractivity contribution in [3.63, 3.8) is 0 Å². The first kappa shape index (κ1) is 33.0. The van der Waals surface area contributed by atoms with Crippen molar-refractivity contribution >= 4 is 27.8 Å². The average Bonchev–Trinajstić information content (AvgIpc) is 3.57. The number of hydrogen-bond donors (Lipinski definition) is 0. The van der Waals surface area contributed by atoms with Crippen molar-refractivity contribution in [3.05, 3.63) is 198 Å². The van der Waals surface area contributed by atoms with Crippen LogP contribution in [0.5, 0.6) is 0 Å². The molecule has 0 aliphatic heterocycles. The van der Waals surface area contributed by atoms with E-state index in [0.29, 0.717) is 17.9 Å². The van der Waals surface area contributed by atoms with Crippen molar-refractivity contribution in [1.82, 2.24) is 4.90 Å². The summed E-state index contributed by atoms with van der Waals surface area (Å²) in [6.45, 7) is 9.87. The van der Waals surface area contributed by atoms with Gasteiger partial charge >= 0.3 is 0 Å². The van der Waals surface area contributed by atoms with Crippen LogP contribution in [-0.2, 0) is 10.8 Å². The Hall–Kier alpha value is -5.60. The van der Waals surface area contributed by atoms with E-state index < -0.39 is 0 Å². The van der Waals surface area contributed by atoms with Gasteiger partial charge in [0, 0.05) is 39.5 Å². The standard InChI is InChI=1S/C52H48N2/c1-51(2)45-31-39(53(35-19-9-5-10-20-35)36-21-11-6-12-22-36)29-30-40(45)43-32-47-44(33-46(43)51)50-42-28-18-17-27-41(42)49(34-48(50)52(47,3)4)54(37-23-13-7-14-24-37)38-25-15-8-16-26-38/h5-11,13-19,21,23-35,40,45H,12,20,22H2,1-4H3. The minimum atomic E-state index is -0.169. The molecule has 0 bridgehead atoms. The van der Waals surface area contributed by atoms with Crippen LogP contribution in [0, 0.1) is 5.92 Å². The van der Waals surface area contributed by atoms with Crippen LogP contribution in [0.15, 0.2) is 175 Å². The van der Waals surface area contributed by atoms with Crippen molar-refractivity contribution in [1.29, 1.82) is 0 Å². The molecule has 0 N–H and O–H groups in total. The number of benzene rings is 5. The third kappa shape index (κ3) is 4.99. The zero-order valence-electron chi connectivity index (χ0n) is 31.8. The molecule has 0 spiro atoms. The summed E-state index contributed by atoms with van der Waals surface area (Å²) in [5, 5.41) is 2.60. The summed E-state index contributed by atoms with van der Waals surface area (Å²) < 4.78 is 0. The summed E-state index contributed by atoms with van der Waals surface area (Å²) in [6, 6.07) is 38.8. The molecule has 2 nitrogen and oxygen atoms in total. The van der Waals surface area contributed by atoms with Crippen LogP contribution in [0.2, 0.25) is 0 Å². The Morgan fingerprint density at radius 1 is 0.667 bits per heavy atom. The van der Waals surface area contributed by atoms with Gasteiger partial charge in [-0.1, -0.05) is 143 Å². The fraction of sp³-hybridized carbons (Fsp3) is 0.231. The highest BCUT2D eigenvalue weighted by Gasteiger charge is 2.48. The molecule has 5 aliphatic rings. The van der Waals surface area contributed by atoms with Gasteiger partial charge in [0.1, 0.15) is 0 Å². The van der Waals surface area contributed by atoms with Crippen LogP contribution in [0.1, 0.15) is 75.1 Å². The summed E-state index contributed by atoms with van der Waals surface area (Å²) >= 11 is 0. The molecule has 0 aromatic heterocycles. The smallest absolute Gasteiger partial charge is 0.0556 e. The van der Waals surface area contributed by atoms with Gasteiger partial charge in [0.2, 0.25) is 0 Å². The lowest BCUT2D eigenvalue weighted by molar-refractivity contribution is 0.335. The second-order valence-corrected chi connectivity index (χ2v) is 16.8. The van der Waals surface area contributed by atoms with Crippen molar-refractivity contribution in [2.75, 3.05) is 4.90 Å². The van der Waals surface area contributed by atoms with Gasteiger partial charge < -0.3 is 9.80 Å². The van der Waals surface area contributed by atoms with Crippen LogP contribution >= 0.6 is 0 Å². The number of allylic oxidation sites excluding steroid dienone is 9. The number of anilines is 3. The normalized spacial score (nSPS) is 22.3. The van der Waals surface area contributed by atoms with E-state index in [1.54, 1.807) is 0 Å². The fourth-order valence-corrected chi connectivity index (χ4v) is 10.3. The number of para-hydroxylation sites is 2. The molecule has 3 unspecified atom stereocenters. The first-order valence-electron chi connectivity index (χ1n) is 19.9. The molecule has 266 valence electrons. The molecule has 0 fully saturated rings. The topological polar surface area (TPSA) is 6.48 Å². The molecule has 3 atom stereocenters. The molecular formula is C52H48N2. The Balaban J connectivity index is 1.11. The Kier molecular flexibility index (Phi) is 7.63. The van der Waals surface area contributed by atoms with Crippen molar-refractivity contribution in [3.8, 4) is 11.1 Å². The predicted molar refractivity (Wildman–Crippen MR) is 228 cm³/mol. The van der Waals surface area contributed by atoms with Crippen molar-refractivity contribution < 1.29 is 0 Å². The van der Waals surface area contributed by atoms with Crippen LogP contribution in [0.25, 0.3) is 21.9 Å². The third-order valence-electron chi connectivity index (χ3n) is 13.1. The molecule has 5 aromatic rings. The maximum Gasteiger partial charge on any atom is 0.0556 e. The molecule has 0 saturated heterocycles. The van der Waals surface area contributed by atoms with Gasteiger partial charge in [-0.25, -0.2) is 0 Å². The molecule has 0 heterocycles. The lowest BCUT2D eigenvalue weighted by atomic mass is 9.73. The molecule has 2 heteroatoms. The van der Waals surface area contributed by atoms with E-state index in [0.717, 1.165) is 30.6 Å². The largest absolute Gasteiger partial charge is 0.338 e. The van der Waals surface area contributed by atoms with Crippen molar-refractivity contribution in [2.45, 2.75) is 69.7 Å². The molecular weight excluding hydrogens is 653 g/mol. The van der Waals surface area contributed by atoms with Crippen LogP contribution in [-0.4, -0.2) is 10.9 Å². The SMILES string of the molecule is CC1(C)c2cc3c(cc2-c2c1cc(N(c1ccccc1)c1ccccc1)c1ccccc21)C(C)(C)C1C=C(N(C2=CC=CCC2)C2C=CC=CC2)C=CC31. The number of hydrogen-bond acceptors (Lipinski definition) is 2. The van der Waals surface area contributed by atoms with E-state index in [9.17, 15) is 0 Å². The monoisotopic (exact) mass is 700 g/mol. The number of nitrogens with zero attached hydrogens (tertiary/aromatic N) is 2. The summed E-state index contributed by atoms with van der Waals surface area (Å²) in [5.41, 5.74) is 14.8. The van der Waals surface area contributed by atoms with E-state index >= 15 is 0 Å². The molecule has 10 rings (SSSR count). The van der Waals surface area contributed by atoms with Gasteiger partial charge in [-0.2, -0.15) is 0 Å². The van der Waals surface area contributed by atoms with Crippen LogP contribution in [0.4, 0.5) is 17.1 Å². The molecule has 0 radical (unpaired) electrons. The fourth-order valence-electron chi connectivity index (χ4n) is 10.3. The second kappa shape index (κ2) is 12.5. The maximum atomic E-state index is 2.63. The molecule has 54 heavy (non-hydrogen) atoms. The van der Waals surface area contributed by atoms with Crippen LogP contribution in [0.3, 0.4) is 0 Å². The van der Waals surface area contributed by atoms with Gasteiger partial charge in [0.05, 0.1) is 11.7 Å². The van der Waals surface area contributed by atoms with Crippen LogP contribution < -0.4 is 4.90 Å². The Morgan fingerprint density at radius 3 is 2.07 bits per heavy atom. The Bertz CT molecular complexity index is 2450. The van der Waals surface area contributed by atoms with Gasteiger partial charge in [-0.3, -0.25) is 0 Å².